The summed E-state index contributed by atoms with van der Waals surface area (Å²) in [6, 6.07) is 15.1. The zero-order valence-corrected chi connectivity index (χ0v) is 11.7. The molecule has 4 nitrogen and oxygen atoms in total. The monoisotopic (exact) mass is 280 g/mol. The van der Waals surface area contributed by atoms with E-state index in [9.17, 15) is 9.59 Å². The SMILES string of the molecule is Cc1ccc(NC(=O)CC2C(=O)Nc3ccccc32)cc1. The second-order valence-electron chi connectivity index (χ2n) is 5.25. The van der Waals surface area contributed by atoms with Crippen molar-refractivity contribution in [3.63, 3.8) is 0 Å². The molecular weight excluding hydrogens is 264 g/mol. The Kier molecular flexibility index (Phi) is 3.44. The lowest BCUT2D eigenvalue weighted by molar-refractivity contribution is -0.122. The lowest BCUT2D eigenvalue weighted by atomic mass is 9.97. The molecule has 0 aliphatic carbocycles. The first-order chi connectivity index (χ1) is 10.1. The van der Waals surface area contributed by atoms with Gasteiger partial charge in [0.2, 0.25) is 11.8 Å². The summed E-state index contributed by atoms with van der Waals surface area (Å²) in [5, 5.41) is 5.63. The van der Waals surface area contributed by atoms with E-state index < -0.39 is 5.92 Å². The minimum absolute atomic E-state index is 0.116. The third-order valence-electron chi connectivity index (χ3n) is 3.64. The average molecular weight is 280 g/mol. The fraction of sp³-hybridized carbons (Fsp3) is 0.176. The first-order valence-electron chi connectivity index (χ1n) is 6.90. The predicted octanol–water partition coefficient (Wildman–Crippen LogP) is 3.06. The van der Waals surface area contributed by atoms with Crippen molar-refractivity contribution in [2.24, 2.45) is 0 Å². The summed E-state index contributed by atoms with van der Waals surface area (Å²) in [6.45, 7) is 1.99. The van der Waals surface area contributed by atoms with E-state index in [0.29, 0.717) is 0 Å². The maximum atomic E-state index is 12.1. The number of hydrogen-bond donors (Lipinski definition) is 2. The molecule has 1 aliphatic rings. The molecule has 0 spiro atoms. The molecule has 106 valence electrons. The standard InChI is InChI=1S/C17H16N2O2/c1-11-6-8-12(9-7-11)18-16(20)10-14-13-4-2-3-5-15(13)19-17(14)21/h2-9,14H,10H2,1H3,(H,18,20)(H,19,21). The van der Waals surface area contributed by atoms with Gasteiger partial charge in [0.05, 0.1) is 5.92 Å². The van der Waals surface area contributed by atoms with Crippen LogP contribution >= 0.6 is 0 Å². The number of benzene rings is 2. The van der Waals surface area contributed by atoms with Crippen LogP contribution in [0.25, 0.3) is 0 Å². The van der Waals surface area contributed by atoms with E-state index in [0.717, 1.165) is 22.5 Å². The Labute approximate surface area is 123 Å². The van der Waals surface area contributed by atoms with Crippen molar-refractivity contribution < 1.29 is 9.59 Å². The molecular formula is C17H16N2O2. The summed E-state index contributed by atoms with van der Waals surface area (Å²) in [6.07, 6.45) is 0.150. The third kappa shape index (κ3) is 2.79. The summed E-state index contributed by atoms with van der Waals surface area (Å²) in [5.74, 6) is -0.683. The van der Waals surface area contributed by atoms with Gasteiger partial charge in [-0.2, -0.15) is 0 Å². The fourth-order valence-corrected chi connectivity index (χ4v) is 2.51. The van der Waals surface area contributed by atoms with Crippen LogP contribution in [0.2, 0.25) is 0 Å². The molecule has 0 saturated heterocycles. The summed E-state index contributed by atoms with van der Waals surface area (Å²) in [7, 11) is 0. The van der Waals surface area contributed by atoms with Crippen LogP contribution < -0.4 is 10.6 Å². The lowest BCUT2D eigenvalue weighted by Crippen LogP contribution is -2.20. The first-order valence-corrected chi connectivity index (χ1v) is 6.90. The minimum Gasteiger partial charge on any atom is -0.326 e. The van der Waals surface area contributed by atoms with Gasteiger partial charge < -0.3 is 10.6 Å². The number of aryl methyl sites for hydroxylation is 1. The molecule has 21 heavy (non-hydrogen) atoms. The highest BCUT2D eigenvalue weighted by molar-refractivity contribution is 6.06. The topological polar surface area (TPSA) is 58.2 Å². The van der Waals surface area contributed by atoms with E-state index in [1.807, 2.05) is 55.5 Å². The maximum Gasteiger partial charge on any atom is 0.232 e. The molecule has 0 aromatic heterocycles. The quantitative estimate of drug-likeness (QED) is 0.907. The number of nitrogens with one attached hydrogen (secondary N) is 2. The number of amides is 2. The van der Waals surface area contributed by atoms with Crippen LogP contribution in [0.1, 0.15) is 23.5 Å². The van der Waals surface area contributed by atoms with E-state index in [-0.39, 0.29) is 18.2 Å². The number of carbonyl (C=O) groups excluding carboxylic acids is 2. The van der Waals surface area contributed by atoms with Gasteiger partial charge in [-0.15, -0.1) is 0 Å². The number of carbonyl (C=O) groups is 2. The lowest BCUT2D eigenvalue weighted by Gasteiger charge is -2.09. The van der Waals surface area contributed by atoms with Gasteiger partial charge in [0.15, 0.2) is 0 Å². The molecule has 1 aliphatic heterocycles. The number of anilines is 2. The van der Waals surface area contributed by atoms with E-state index in [1.165, 1.54) is 0 Å². The van der Waals surface area contributed by atoms with Crippen molar-refractivity contribution in [1.29, 1.82) is 0 Å². The van der Waals surface area contributed by atoms with Crippen LogP contribution in [0.3, 0.4) is 0 Å². The molecule has 2 amide bonds. The normalized spacial score (nSPS) is 16.2. The van der Waals surface area contributed by atoms with E-state index in [2.05, 4.69) is 10.6 Å². The van der Waals surface area contributed by atoms with Crippen molar-refractivity contribution in [3.05, 3.63) is 59.7 Å². The largest absolute Gasteiger partial charge is 0.326 e. The van der Waals surface area contributed by atoms with E-state index in [4.69, 9.17) is 0 Å². The summed E-state index contributed by atoms with van der Waals surface area (Å²) in [5.41, 5.74) is 3.58. The number of rotatable bonds is 3. The van der Waals surface area contributed by atoms with Gasteiger partial charge >= 0.3 is 0 Å². The van der Waals surface area contributed by atoms with Gasteiger partial charge in [-0.25, -0.2) is 0 Å². The molecule has 2 aromatic rings. The highest BCUT2D eigenvalue weighted by Crippen LogP contribution is 2.34. The van der Waals surface area contributed by atoms with Crippen molar-refractivity contribution >= 4 is 23.2 Å². The van der Waals surface area contributed by atoms with Crippen LogP contribution in [0.15, 0.2) is 48.5 Å². The predicted molar refractivity (Wildman–Crippen MR) is 82.2 cm³/mol. The second kappa shape index (κ2) is 5.40. The Morgan fingerprint density at radius 3 is 2.62 bits per heavy atom. The number of hydrogen-bond acceptors (Lipinski definition) is 2. The second-order valence-corrected chi connectivity index (χ2v) is 5.25. The van der Waals surface area contributed by atoms with Gasteiger partial charge in [0.1, 0.15) is 0 Å². The molecule has 0 saturated carbocycles. The molecule has 3 rings (SSSR count). The van der Waals surface area contributed by atoms with Gasteiger partial charge in [-0.05, 0) is 30.7 Å². The van der Waals surface area contributed by atoms with Gasteiger partial charge in [-0.1, -0.05) is 35.9 Å². The molecule has 1 unspecified atom stereocenters. The molecule has 2 aromatic carbocycles. The number of fused-ring (bicyclic) bond motifs is 1. The molecule has 2 N–H and O–H groups in total. The van der Waals surface area contributed by atoms with Crippen LogP contribution in [0, 0.1) is 6.92 Å². The Morgan fingerprint density at radius 1 is 1.14 bits per heavy atom. The highest BCUT2D eigenvalue weighted by atomic mass is 16.2. The van der Waals surface area contributed by atoms with Crippen LogP contribution in [0.4, 0.5) is 11.4 Å². The third-order valence-corrected chi connectivity index (χ3v) is 3.64. The van der Waals surface area contributed by atoms with Gasteiger partial charge in [0.25, 0.3) is 0 Å². The minimum atomic E-state index is -0.411. The Bertz CT molecular complexity index is 692. The molecule has 0 fully saturated rings. The highest BCUT2D eigenvalue weighted by Gasteiger charge is 2.31. The first kappa shape index (κ1) is 13.4. The van der Waals surface area contributed by atoms with Gasteiger partial charge in [0, 0.05) is 17.8 Å². The average Bonchev–Trinajstić information content (AvgIpc) is 2.78. The fourth-order valence-electron chi connectivity index (χ4n) is 2.51. The summed E-state index contributed by atoms with van der Waals surface area (Å²) in [4.78, 5) is 24.1. The Balaban J connectivity index is 1.70. The van der Waals surface area contributed by atoms with Crippen molar-refractivity contribution in [1.82, 2.24) is 0 Å². The maximum absolute atomic E-state index is 12.1. The molecule has 1 atom stereocenters. The Hall–Kier alpha value is -2.62. The zero-order chi connectivity index (χ0) is 14.8. The molecule has 1 heterocycles. The molecule has 0 bridgehead atoms. The molecule has 0 radical (unpaired) electrons. The van der Waals surface area contributed by atoms with E-state index >= 15 is 0 Å². The summed E-state index contributed by atoms with van der Waals surface area (Å²) >= 11 is 0. The Morgan fingerprint density at radius 2 is 1.86 bits per heavy atom. The van der Waals surface area contributed by atoms with Crippen LogP contribution in [0.5, 0.6) is 0 Å². The number of para-hydroxylation sites is 1. The smallest absolute Gasteiger partial charge is 0.232 e. The van der Waals surface area contributed by atoms with Crippen LogP contribution in [-0.2, 0) is 9.59 Å². The molecule has 4 heteroatoms. The van der Waals surface area contributed by atoms with Gasteiger partial charge in [-0.3, -0.25) is 9.59 Å². The van der Waals surface area contributed by atoms with Crippen molar-refractivity contribution in [2.75, 3.05) is 10.6 Å². The van der Waals surface area contributed by atoms with Crippen molar-refractivity contribution in [2.45, 2.75) is 19.3 Å². The van der Waals surface area contributed by atoms with E-state index in [1.54, 1.807) is 0 Å². The summed E-state index contributed by atoms with van der Waals surface area (Å²) < 4.78 is 0. The van der Waals surface area contributed by atoms with Crippen molar-refractivity contribution in [3.8, 4) is 0 Å². The zero-order valence-electron chi connectivity index (χ0n) is 11.7. The van der Waals surface area contributed by atoms with Crippen LogP contribution in [-0.4, -0.2) is 11.8 Å².